The zero-order valence-electron chi connectivity index (χ0n) is 15.3. The molecule has 0 radical (unpaired) electrons. The van der Waals surface area contributed by atoms with Crippen LogP contribution >= 0.6 is 0 Å². The van der Waals surface area contributed by atoms with Gasteiger partial charge in [0.05, 0.1) is 16.6 Å². The molecule has 0 saturated heterocycles. The topological polar surface area (TPSA) is 84.2 Å². The summed E-state index contributed by atoms with van der Waals surface area (Å²) in [6.07, 6.45) is -0.0335. The summed E-state index contributed by atoms with van der Waals surface area (Å²) in [6.45, 7) is 5.55. The normalized spacial score (nSPS) is 11.0. The van der Waals surface area contributed by atoms with Gasteiger partial charge in [0.25, 0.3) is 5.56 Å². The van der Waals surface area contributed by atoms with Crippen LogP contribution < -0.4 is 11.0 Å². The second-order valence-electron chi connectivity index (χ2n) is 6.54. The van der Waals surface area contributed by atoms with Gasteiger partial charge in [-0.05, 0) is 49.9 Å². The Morgan fingerprint density at radius 1 is 1.22 bits per heavy atom. The quantitative estimate of drug-likeness (QED) is 0.547. The first-order valence-corrected chi connectivity index (χ1v) is 8.54. The number of amides is 1. The van der Waals surface area contributed by atoms with Crippen molar-refractivity contribution < 1.29 is 14.4 Å². The Bertz CT molecular complexity index is 1090. The number of rotatable bonds is 4. The number of carbonyl (C=O) groups is 1. The van der Waals surface area contributed by atoms with E-state index in [-0.39, 0.29) is 34.9 Å². The van der Waals surface area contributed by atoms with Crippen LogP contribution in [0, 0.1) is 26.6 Å². The van der Waals surface area contributed by atoms with E-state index in [9.17, 15) is 14.0 Å². The maximum Gasteiger partial charge on any atom is 0.265 e. The molecule has 0 atom stereocenters. The minimum Gasteiger partial charge on any atom is -0.289 e. The van der Waals surface area contributed by atoms with Crippen LogP contribution in [0.15, 0.2) is 35.1 Å². The van der Waals surface area contributed by atoms with Crippen LogP contribution in [0.2, 0.25) is 0 Å². The van der Waals surface area contributed by atoms with Gasteiger partial charge in [0.2, 0.25) is 5.91 Å². The van der Waals surface area contributed by atoms with Gasteiger partial charge in [0.15, 0.2) is 0 Å². The first-order chi connectivity index (χ1) is 12.8. The standard InChI is InChI=1S/C20H20FN3O3/c1-11-5-4-6-12(2)19(11)24-13(3)22-17-10-16(21)14(7-8-18(25)23-27)9-15(17)20(24)26/h4-6,9-10,27H,7-8H2,1-3H3,(H,23,25). The first kappa shape index (κ1) is 18.7. The van der Waals surface area contributed by atoms with Gasteiger partial charge >= 0.3 is 0 Å². The van der Waals surface area contributed by atoms with Gasteiger partial charge < -0.3 is 0 Å². The highest BCUT2D eigenvalue weighted by atomic mass is 19.1. The molecule has 0 unspecified atom stereocenters. The van der Waals surface area contributed by atoms with Crippen molar-refractivity contribution >= 4 is 16.8 Å². The van der Waals surface area contributed by atoms with Crippen molar-refractivity contribution in [1.82, 2.24) is 15.0 Å². The number of nitrogens with zero attached hydrogens (tertiary/aromatic N) is 2. The van der Waals surface area contributed by atoms with Crippen molar-refractivity contribution in [2.75, 3.05) is 0 Å². The number of hydroxylamine groups is 1. The Morgan fingerprint density at radius 2 is 1.89 bits per heavy atom. The summed E-state index contributed by atoms with van der Waals surface area (Å²) in [4.78, 5) is 28.8. The van der Waals surface area contributed by atoms with E-state index in [0.717, 1.165) is 16.8 Å². The highest BCUT2D eigenvalue weighted by Gasteiger charge is 2.16. The van der Waals surface area contributed by atoms with E-state index in [1.165, 1.54) is 22.2 Å². The maximum atomic E-state index is 14.3. The number of hydrogen-bond acceptors (Lipinski definition) is 4. The second-order valence-corrected chi connectivity index (χ2v) is 6.54. The van der Waals surface area contributed by atoms with Crippen LogP contribution in [0.5, 0.6) is 0 Å². The lowest BCUT2D eigenvalue weighted by Gasteiger charge is -2.16. The number of aromatic nitrogens is 2. The summed E-state index contributed by atoms with van der Waals surface area (Å²) in [6, 6.07) is 8.41. The molecule has 1 aromatic heterocycles. The van der Waals surface area contributed by atoms with Gasteiger partial charge in [-0.25, -0.2) is 14.9 Å². The fraction of sp³-hybridized carbons (Fsp3) is 0.250. The van der Waals surface area contributed by atoms with E-state index < -0.39 is 11.7 Å². The van der Waals surface area contributed by atoms with E-state index in [0.29, 0.717) is 5.82 Å². The van der Waals surface area contributed by atoms with Crippen LogP contribution in [0.25, 0.3) is 16.6 Å². The van der Waals surface area contributed by atoms with Crippen molar-refractivity contribution in [3.8, 4) is 5.69 Å². The van der Waals surface area contributed by atoms with Crippen LogP contribution in [-0.2, 0) is 11.2 Å². The summed E-state index contributed by atoms with van der Waals surface area (Å²) in [5.41, 5.74) is 4.35. The number of halogens is 1. The summed E-state index contributed by atoms with van der Waals surface area (Å²) >= 11 is 0. The Morgan fingerprint density at radius 3 is 2.52 bits per heavy atom. The summed E-state index contributed by atoms with van der Waals surface area (Å²) in [5, 5.41) is 8.87. The SMILES string of the molecule is Cc1cccc(C)c1-n1c(C)nc2cc(F)c(CCC(=O)NO)cc2c1=O. The summed E-state index contributed by atoms with van der Waals surface area (Å²) < 4.78 is 15.9. The Labute approximate surface area is 155 Å². The van der Waals surface area contributed by atoms with Crippen LogP contribution in [0.3, 0.4) is 0 Å². The number of benzene rings is 2. The average molecular weight is 369 g/mol. The average Bonchev–Trinajstić information content (AvgIpc) is 2.62. The zero-order valence-corrected chi connectivity index (χ0v) is 15.3. The maximum absolute atomic E-state index is 14.3. The molecule has 6 nitrogen and oxygen atoms in total. The largest absolute Gasteiger partial charge is 0.289 e. The van der Waals surface area contributed by atoms with Gasteiger partial charge in [-0.1, -0.05) is 18.2 Å². The predicted molar refractivity (Wildman–Crippen MR) is 99.8 cm³/mol. The van der Waals surface area contributed by atoms with E-state index >= 15 is 0 Å². The highest BCUT2D eigenvalue weighted by molar-refractivity contribution is 5.80. The highest BCUT2D eigenvalue weighted by Crippen LogP contribution is 2.22. The number of fused-ring (bicyclic) bond motifs is 1. The molecular formula is C20H20FN3O3. The molecule has 0 aliphatic rings. The molecule has 0 saturated carbocycles. The molecule has 2 aromatic carbocycles. The Kier molecular flexibility index (Phi) is 5.05. The van der Waals surface area contributed by atoms with Gasteiger partial charge in [-0.2, -0.15) is 0 Å². The molecule has 27 heavy (non-hydrogen) atoms. The molecule has 0 bridgehead atoms. The molecular weight excluding hydrogens is 349 g/mol. The van der Waals surface area contributed by atoms with Crippen LogP contribution in [-0.4, -0.2) is 20.7 Å². The third-order valence-electron chi connectivity index (χ3n) is 4.61. The lowest BCUT2D eigenvalue weighted by atomic mass is 10.1. The van der Waals surface area contributed by atoms with Gasteiger partial charge in [-0.3, -0.25) is 19.4 Å². The predicted octanol–water partition coefficient (Wildman–Crippen LogP) is 2.89. The number of nitrogens with one attached hydrogen (secondary N) is 1. The van der Waals surface area contributed by atoms with Crippen molar-refractivity contribution in [1.29, 1.82) is 0 Å². The Balaban J connectivity index is 2.22. The summed E-state index contributed by atoms with van der Waals surface area (Å²) in [7, 11) is 0. The van der Waals surface area contributed by atoms with Crippen molar-refractivity contribution in [2.45, 2.75) is 33.6 Å². The monoisotopic (exact) mass is 369 g/mol. The molecule has 7 heteroatoms. The molecule has 140 valence electrons. The van der Waals surface area contributed by atoms with E-state index in [4.69, 9.17) is 5.21 Å². The molecule has 0 aliphatic carbocycles. The molecule has 3 aromatic rings. The third-order valence-corrected chi connectivity index (χ3v) is 4.61. The van der Waals surface area contributed by atoms with Crippen LogP contribution in [0.1, 0.15) is 28.9 Å². The van der Waals surface area contributed by atoms with Gasteiger partial charge in [0, 0.05) is 12.5 Å². The third kappa shape index (κ3) is 3.46. The van der Waals surface area contributed by atoms with Crippen molar-refractivity contribution in [3.05, 3.63) is 69.0 Å². The van der Waals surface area contributed by atoms with Gasteiger partial charge in [-0.15, -0.1) is 0 Å². The lowest BCUT2D eigenvalue weighted by molar-refractivity contribution is -0.129. The number of hydrogen-bond donors (Lipinski definition) is 2. The molecule has 0 fully saturated rings. The molecule has 1 heterocycles. The molecule has 2 N–H and O–H groups in total. The summed E-state index contributed by atoms with van der Waals surface area (Å²) in [5.74, 6) is -0.689. The second kappa shape index (κ2) is 7.28. The minimum absolute atomic E-state index is 0.0604. The van der Waals surface area contributed by atoms with E-state index in [1.54, 1.807) is 6.92 Å². The first-order valence-electron chi connectivity index (χ1n) is 8.54. The van der Waals surface area contributed by atoms with E-state index in [1.807, 2.05) is 32.0 Å². The van der Waals surface area contributed by atoms with Crippen LogP contribution in [0.4, 0.5) is 4.39 Å². The minimum atomic E-state index is -0.621. The lowest BCUT2D eigenvalue weighted by Crippen LogP contribution is -2.24. The molecule has 0 aliphatic heterocycles. The molecule has 3 rings (SSSR count). The molecule has 0 spiro atoms. The smallest absolute Gasteiger partial charge is 0.265 e. The van der Waals surface area contributed by atoms with Crippen molar-refractivity contribution in [2.24, 2.45) is 0 Å². The van der Waals surface area contributed by atoms with Gasteiger partial charge in [0.1, 0.15) is 11.6 Å². The van der Waals surface area contributed by atoms with Crippen molar-refractivity contribution in [3.63, 3.8) is 0 Å². The number of aryl methyl sites for hydroxylation is 4. The Hall–Kier alpha value is -3.06. The fourth-order valence-electron chi connectivity index (χ4n) is 3.28. The number of para-hydroxylation sites is 1. The van der Waals surface area contributed by atoms with E-state index in [2.05, 4.69) is 4.98 Å². The fourth-order valence-corrected chi connectivity index (χ4v) is 3.28. The zero-order chi connectivity index (χ0) is 19.7. The molecule has 1 amide bonds. The number of carbonyl (C=O) groups excluding carboxylic acids is 1.